The lowest BCUT2D eigenvalue weighted by atomic mass is 9.98. The van der Waals surface area contributed by atoms with Crippen LogP contribution in [-0.2, 0) is 14.8 Å². The van der Waals surface area contributed by atoms with Gasteiger partial charge in [0, 0.05) is 13.1 Å². The first-order valence-corrected chi connectivity index (χ1v) is 9.84. The number of halogens is 4. The highest BCUT2D eigenvalue weighted by atomic mass is 32.2. The molecule has 2 aromatic carbocycles. The van der Waals surface area contributed by atoms with Crippen LogP contribution in [0.1, 0.15) is 12.8 Å². The molecule has 2 aromatic rings. The minimum Gasteiger partial charge on any atom is -0.323 e. The number of sulfonamides is 1. The zero-order valence-corrected chi connectivity index (χ0v) is 15.3. The summed E-state index contributed by atoms with van der Waals surface area (Å²) in [6.07, 6.45) is 0.714. The predicted molar refractivity (Wildman–Crippen MR) is 92.8 cm³/mol. The maximum atomic E-state index is 13.7. The molecule has 0 unspecified atom stereocenters. The molecular weight excluding hydrogens is 400 g/mol. The highest BCUT2D eigenvalue weighted by Gasteiger charge is 2.33. The Bertz CT molecular complexity index is 997. The van der Waals surface area contributed by atoms with Crippen molar-refractivity contribution < 1.29 is 30.8 Å². The number of hydrogen-bond donors (Lipinski definition) is 1. The van der Waals surface area contributed by atoms with Crippen LogP contribution in [0.5, 0.6) is 0 Å². The van der Waals surface area contributed by atoms with E-state index in [1.165, 1.54) is 0 Å². The molecule has 1 amide bonds. The molecule has 1 fully saturated rings. The highest BCUT2D eigenvalue weighted by Crippen LogP contribution is 2.26. The highest BCUT2D eigenvalue weighted by molar-refractivity contribution is 7.89. The van der Waals surface area contributed by atoms with E-state index in [-0.39, 0.29) is 18.0 Å². The van der Waals surface area contributed by atoms with E-state index in [2.05, 4.69) is 5.32 Å². The second-order valence-corrected chi connectivity index (χ2v) is 8.31. The molecule has 1 aliphatic heterocycles. The van der Waals surface area contributed by atoms with E-state index < -0.39 is 50.8 Å². The van der Waals surface area contributed by atoms with Crippen LogP contribution in [0.4, 0.5) is 23.2 Å². The molecule has 0 saturated carbocycles. The summed E-state index contributed by atoms with van der Waals surface area (Å²) in [5.41, 5.74) is -0.526. The molecule has 28 heavy (non-hydrogen) atoms. The average molecular weight is 416 g/mol. The number of piperidine rings is 1. The zero-order valence-electron chi connectivity index (χ0n) is 14.5. The minimum atomic E-state index is -3.94. The monoisotopic (exact) mass is 416 g/mol. The van der Waals surface area contributed by atoms with Gasteiger partial charge in [0.1, 0.15) is 5.82 Å². The number of anilines is 1. The van der Waals surface area contributed by atoms with E-state index in [4.69, 9.17) is 0 Å². The third kappa shape index (κ3) is 4.02. The van der Waals surface area contributed by atoms with Gasteiger partial charge in [-0.2, -0.15) is 4.31 Å². The van der Waals surface area contributed by atoms with Crippen molar-refractivity contribution in [3.63, 3.8) is 0 Å². The smallest absolute Gasteiger partial charge is 0.243 e. The van der Waals surface area contributed by atoms with Crippen molar-refractivity contribution in [2.45, 2.75) is 17.7 Å². The Morgan fingerprint density at radius 2 is 1.68 bits per heavy atom. The largest absolute Gasteiger partial charge is 0.323 e. The van der Waals surface area contributed by atoms with Gasteiger partial charge in [-0.05, 0) is 49.2 Å². The van der Waals surface area contributed by atoms with Crippen molar-refractivity contribution in [1.82, 2.24) is 4.31 Å². The maximum Gasteiger partial charge on any atom is 0.243 e. The fourth-order valence-electron chi connectivity index (χ4n) is 2.99. The quantitative estimate of drug-likeness (QED) is 0.615. The van der Waals surface area contributed by atoms with Crippen LogP contribution in [0.15, 0.2) is 41.3 Å². The van der Waals surface area contributed by atoms with Crippen molar-refractivity contribution >= 4 is 21.6 Å². The number of carbonyl (C=O) groups excluding carboxylic acids is 1. The van der Waals surface area contributed by atoms with Crippen molar-refractivity contribution in [2.75, 3.05) is 18.4 Å². The zero-order chi connectivity index (χ0) is 20.5. The van der Waals surface area contributed by atoms with E-state index in [0.717, 1.165) is 34.6 Å². The minimum absolute atomic E-state index is 0.110. The van der Waals surface area contributed by atoms with Crippen LogP contribution in [-0.4, -0.2) is 31.7 Å². The van der Waals surface area contributed by atoms with Crippen molar-refractivity contribution in [3.8, 4) is 0 Å². The summed E-state index contributed by atoms with van der Waals surface area (Å²) >= 11 is 0. The summed E-state index contributed by atoms with van der Waals surface area (Å²) in [7, 11) is -3.94. The van der Waals surface area contributed by atoms with Crippen LogP contribution in [0.25, 0.3) is 0 Å². The molecule has 1 N–H and O–H groups in total. The molecule has 1 heterocycles. The van der Waals surface area contributed by atoms with Crippen LogP contribution in [0.3, 0.4) is 0 Å². The molecule has 1 atom stereocenters. The van der Waals surface area contributed by atoms with Gasteiger partial charge >= 0.3 is 0 Å². The van der Waals surface area contributed by atoms with Crippen LogP contribution < -0.4 is 5.32 Å². The summed E-state index contributed by atoms with van der Waals surface area (Å²) in [5.74, 6) is -6.71. The lowest BCUT2D eigenvalue weighted by molar-refractivity contribution is -0.120. The average Bonchev–Trinajstić information content (AvgIpc) is 2.69. The summed E-state index contributed by atoms with van der Waals surface area (Å²) in [5, 5.41) is 2.18. The number of rotatable bonds is 4. The number of carbonyl (C=O) groups is 1. The number of nitrogens with zero attached hydrogens (tertiary/aromatic N) is 1. The van der Waals surface area contributed by atoms with Crippen LogP contribution in [0, 0.1) is 29.2 Å². The predicted octanol–water partition coefficient (Wildman–Crippen LogP) is 3.28. The van der Waals surface area contributed by atoms with Crippen LogP contribution in [0.2, 0.25) is 0 Å². The first-order valence-electron chi connectivity index (χ1n) is 8.40. The first kappa shape index (κ1) is 20.3. The van der Waals surface area contributed by atoms with Crippen molar-refractivity contribution in [3.05, 3.63) is 59.7 Å². The number of hydrogen-bond acceptors (Lipinski definition) is 3. The normalized spacial score (nSPS) is 18.1. The molecule has 1 aliphatic rings. The van der Waals surface area contributed by atoms with E-state index in [9.17, 15) is 30.8 Å². The topological polar surface area (TPSA) is 66.5 Å². The van der Waals surface area contributed by atoms with Gasteiger partial charge in [0.15, 0.2) is 17.5 Å². The Labute approximate surface area is 159 Å². The number of benzene rings is 2. The van der Waals surface area contributed by atoms with Gasteiger partial charge in [0.2, 0.25) is 15.9 Å². The molecule has 0 radical (unpaired) electrons. The van der Waals surface area contributed by atoms with Gasteiger partial charge in [0.25, 0.3) is 0 Å². The first-order chi connectivity index (χ1) is 13.2. The third-order valence-electron chi connectivity index (χ3n) is 4.50. The second kappa shape index (κ2) is 7.88. The van der Waals surface area contributed by atoms with Crippen LogP contribution >= 0.6 is 0 Å². The molecular formula is C18H16F4N2O3S. The van der Waals surface area contributed by atoms with Gasteiger partial charge in [-0.25, -0.2) is 26.0 Å². The summed E-state index contributed by atoms with van der Waals surface area (Å²) in [6, 6.07) is 5.87. The Kier molecular flexibility index (Phi) is 5.71. The molecule has 0 aliphatic carbocycles. The third-order valence-corrected chi connectivity index (χ3v) is 6.38. The SMILES string of the molecule is O=C(Nc1ccc(F)c(F)c1F)[C@H]1CCCN(S(=O)(=O)c2ccc(F)cc2)C1. The second-order valence-electron chi connectivity index (χ2n) is 6.37. The molecule has 1 saturated heterocycles. The lowest BCUT2D eigenvalue weighted by Gasteiger charge is -2.31. The molecule has 3 rings (SSSR count). The summed E-state index contributed by atoms with van der Waals surface area (Å²) in [4.78, 5) is 12.3. The van der Waals surface area contributed by atoms with Gasteiger partial charge in [-0.3, -0.25) is 4.79 Å². The Balaban J connectivity index is 1.75. The van der Waals surface area contributed by atoms with Gasteiger partial charge < -0.3 is 5.32 Å². The fraction of sp³-hybridized carbons (Fsp3) is 0.278. The van der Waals surface area contributed by atoms with Gasteiger partial charge in [-0.1, -0.05) is 0 Å². The summed E-state index contributed by atoms with van der Waals surface area (Å²) in [6.45, 7) is -0.000133. The van der Waals surface area contributed by atoms with E-state index >= 15 is 0 Å². The molecule has 0 bridgehead atoms. The molecule has 0 aromatic heterocycles. The van der Waals surface area contributed by atoms with E-state index in [0.29, 0.717) is 18.9 Å². The van der Waals surface area contributed by atoms with Gasteiger partial charge in [-0.15, -0.1) is 0 Å². The molecule has 150 valence electrons. The van der Waals surface area contributed by atoms with E-state index in [1.807, 2.05) is 0 Å². The summed E-state index contributed by atoms with van der Waals surface area (Å²) < 4.78 is 79.5. The Hall–Kier alpha value is -2.46. The Morgan fingerprint density at radius 1 is 1.00 bits per heavy atom. The van der Waals surface area contributed by atoms with Crippen molar-refractivity contribution in [1.29, 1.82) is 0 Å². The van der Waals surface area contributed by atoms with Gasteiger partial charge in [0.05, 0.1) is 16.5 Å². The molecule has 5 nitrogen and oxygen atoms in total. The Morgan fingerprint density at radius 3 is 2.36 bits per heavy atom. The number of nitrogens with one attached hydrogen (secondary N) is 1. The number of amides is 1. The van der Waals surface area contributed by atoms with E-state index in [1.54, 1.807) is 0 Å². The van der Waals surface area contributed by atoms with Crippen molar-refractivity contribution in [2.24, 2.45) is 5.92 Å². The lowest BCUT2D eigenvalue weighted by Crippen LogP contribution is -2.43. The fourth-order valence-corrected chi connectivity index (χ4v) is 4.51. The standard InChI is InChI=1S/C18H16F4N2O3S/c19-12-3-5-13(6-4-12)28(26,27)24-9-1-2-11(10-24)18(25)23-15-8-7-14(20)16(21)17(15)22/h3-8,11H,1-2,9-10H2,(H,23,25)/t11-/m0/s1. The molecule has 0 spiro atoms. The maximum absolute atomic E-state index is 13.7. The molecule has 10 heteroatoms.